The highest BCUT2D eigenvalue weighted by Gasteiger charge is 2.00. The lowest BCUT2D eigenvalue weighted by Crippen LogP contribution is -1.82. The smallest absolute Gasteiger partial charge is 0.151 e. The van der Waals surface area contributed by atoms with Gasteiger partial charge in [0.1, 0.15) is 6.20 Å². The fourth-order valence-corrected chi connectivity index (χ4v) is 1.27. The Bertz CT molecular complexity index is 428. The molecule has 12 heavy (non-hydrogen) atoms. The van der Waals surface area contributed by atoms with E-state index in [1.807, 2.05) is 0 Å². The lowest BCUT2D eigenvalue weighted by molar-refractivity contribution is 0.621. The summed E-state index contributed by atoms with van der Waals surface area (Å²) in [6.07, 6.45) is 2.21. The number of para-hydroxylation sites is 1. The number of rotatable bonds is 0. The van der Waals surface area contributed by atoms with Gasteiger partial charge in [-0.05, 0) is 12.1 Å². The first-order valence-corrected chi connectivity index (χ1v) is 3.77. The van der Waals surface area contributed by atoms with Gasteiger partial charge < -0.3 is 0 Å². The predicted molar refractivity (Wildman–Crippen MR) is 45.5 cm³/mol. The van der Waals surface area contributed by atoms with Crippen LogP contribution in [-0.4, -0.2) is 4.98 Å². The maximum absolute atomic E-state index is 12.6. The molecule has 0 aliphatic carbocycles. The molecule has 0 amide bonds. The molecule has 0 unspecified atom stereocenters. The van der Waals surface area contributed by atoms with Crippen molar-refractivity contribution in [2.24, 2.45) is 0 Å². The molecule has 0 fully saturated rings. The number of fused-ring (bicyclic) bond motifs is 1. The molecule has 0 N–H and O–H groups in total. The number of halogens is 2. The number of hydrogen-bond acceptors (Lipinski definition) is 1. The highest BCUT2D eigenvalue weighted by atomic mass is 35.5. The van der Waals surface area contributed by atoms with Crippen LogP contribution in [0.15, 0.2) is 24.3 Å². The zero-order chi connectivity index (χ0) is 8.55. The topological polar surface area (TPSA) is 12.9 Å². The largest absolute Gasteiger partial charge is 0.241 e. The maximum Gasteiger partial charge on any atom is 0.151 e. The van der Waals surface area contributed by atoms with Crippen LogP contribution in [0.5, 0.6) is 0 Å². The van der Waals surface area contributed by atoms with Crippen molar-refractivity contribution in [2.45, 2.75) is 0 Å². The van der Waals surface area contributed by atoms with Gasteiger partial charge in [-0.25, -0.2) is 9.37 Å². The quantitative estimate of drug-likeness (QED) is 0.608. The van der Waals surface area contributed by atoms with Crippen molar-refractivity contribution in [1.29, 1.82) is 0 Å². The molecule has 59 valence electrons. The normalized spacial score (nSPS) is 10.5. The van der Waals surface area contributed by atoms with Gasteiger partial charge in [-0.1, -0.05) is 23.7 Å². The second kappa shape index (κ2) is 2.72. The number of benzene rings is 1. The molecule has 2 aromatic rings. The Kier molecular flexibility index (Phi) is 1.70. The molecule has 1 aromatic carbocycles. The van der Waals surface area contributed by atoms with Crippen LogP contribution < -0.4 is 0 Å². The predicted octanol–water partition coefficient (Wildman–Crippen LogP) is 2.83. The first kappa shape index (κ1) is 7.50. The summed E-state index contributed by atoms with van der Waals surface area (Å²) in [5.41, 5.74) is 0.584. The first-order valence-electron chi connectivity index (χ1n) is 3.40. The highest BCUT2D eigenvalue weighted by molar-refractivity contribution is 6.34. The zero-order valence-electron chi connectivity index (χ0n) is 6.01. The van der Waals surface area contributed by atoms with Gasteiger partial charge in [0.2, 0.25) is 0 Å². The van der Waals surface area contributed by atoms with Gasteiger partial charge in [-0.15, -0.1) is 0 Å². The van der Waals surface area contributed by atoms with E-state index in [4.69, 9.17) is 11.6 Å². The monoisotopic (exact) mass is 180 g/mol. The highest BCUT2D eigenvalue weighted by Crippen LogP contribution is 2.20. The standard InChI is InChI=1S/C9H4ClFN/c10-8-3-1-2-6-4-7(11)5-12-9(6)8/h1-4H. The van der Waals surface area contributed by atoms with Crippen molar-refractivity contribution < 1.29 is 4.39 Å². The molecule has 3 heteroatoms. The van der Waals surface area contributed by atoms with Crippen molar-refractivity contribution >= 4 is 22.5 Å². The molecule has 0 saturated carbocycles. The summed E-state index contributed by atoms with van der Waals surface area (Å²) >= 11 is 5.80. The molecule has 0 aliphatic heterocycles. The molecule has 1 radical (unpaired) electrons. The summed E-state index contributed by atoms with van der Waals surface area (Å²) in [5.74, 6) is -0.468. The molecule has 0 atom stereocenters. The minimum Gasteiger partial charge on any atom is -0.241 e. The molecular formula is C9H4ClFN. The van der Waals surface area contributed by atoms with Gasteiger partial charge >= 0.3 is 0 Å². The molecule has 0 saturated heterocycles. The summed E-state index contributed by atoms with van der Waals surface area (Å²) in [6, 6.07) is 6.58. The third-order valence-electron chi connectivity index (χ3n) is 1.57. The van der Waals surface area contributed by atoms with Gasteiger partial charge in [-0.2, -0.15) is 0 Å². The van der Waals surface area contributed by atoms with E-state index in [1.165, 1.54) is 6.07 Å². The Morgan fingerprint density at radius 3 is 3.08 bits per heavy atom. The minimum atomic E-state index is -0.468. The Labute approximate surface area is 73.8 Å². The molecular weight excluding hydrogens is 177 g/mol. The Morgan fingerprint density at radius 2 is 2.25 bits per heavy atom. The average Bonchev–Trinajstić information content (AvgIpc) is 2.04. The number of pyridine rings is 1. The molecule has 1 nitrogen and oxygen atoms in total. The summed E-state index contributed by atoms with van der Waals surface area (Å²) in [6.45, 7) is 0. The lowest BCUT2D eigenvalue weighted by Gasteiger charge is -1.97. The summed E-state index contributed by atoms with van der Waals surface area (Å²) < 4.78 is 12.6. The SMILES string of the molecule is Fc1[c]nc2c(Cl)cccc2c1. The van der Waals surface area contributed by atoms with E-state index in [0.717, 1.165) is 0 Å². The summed E-state index contributed by atoms with van der Waals surface area (Å²) in [4.78, 5) is 3.75. The van der Waals surface area contributed by atoms with Gasteiger partial charge in [0.05, 0.1) is 10.5 Å². The first-order chi connectivity index (χ1) is 5.77. The van der Waals surface area contributed by atoms with Crippen LogP contribution >= 0.6 is 11.6 Å². The van der Waals surface area contributed by atoms with Crippen molar-refractivity contribution in [3.63, 3.8) is 0 Å². The van der Waals surface area contributed by atoms with Crippen LogP contribution in [0.3, 0.4) is 0 Å². The number of nitrogens with zero attached hydrogens (tertiary/aromatic N) is 1. The van der Waals surface area contributed by atoms with E-state index in [9.17, 15) is 4.39 Å². The third-order valence-corrected chi connectivity index (χ3v) is 1.88. The average molecular weight is 181 g/mol. The minimum absolute atomic E-state index is 0.468. The van der Waals surface area contributed by atoms with Crippen LogP contribution in [0.1, 0.15) is 0 Å². The van der Waals surface area contributed by atoms with Crippen LogP contribution in [0.2, 0.25) is 5.02 Å². The molecule has 0 bridgehead atoms. The maximum atomic E-state index is 12.6. The molecule has 0 spiro atoms. The van der Waals surface area contributed by atoms with Crippen molar-refractivity contribution in [3.05, 3.63) is 41.3 Å². The molecule has 1 aromatic heterocycles. The lowest BCUT2D eigenvalue weighted by atomic mass is 10.2. The van der Waals surface area contributed by atoms with E-state index in [-0.39, 0.29) is 0 Å². The molecule has 0 aliphatic rings. The van der Waals surface area contributed by atoms with E-state index in [2.05, 4.69) is 11.2 Å². The van der Waals surface area contributed by atoms with E-state index >= 15 is 0 Å². The Morgan fingerprint density at radius 1 is 1.42 bits per heavy atom. The van der Waals surface area contributed by atoms with Gasteiger partial charge in [0.25, 0.3) is 0 Å². The fourth-order valence-electron chi connectivity index (χ4n) is 1.04. The van der Waals surface area contributed by atoms with Crippen LogP contribution in [0.25, 0.3) is 10.9 Å². The number of hydrogen-bond donors (Lipinski definition) is 0. The van der Waals surface area contributed by atoms with Crippen LogP contribution in [0.4, 0.5) is 4.39 Å². The van der Waals surface area contributed by atoms with E-state index in [0.29, 0.717) is 15.9 Å². The molecule has 2 rings (SSSR count). The fraction of sp³-hybridized carbons (Fsp3) is 0. The van der Waals surface area contributed by atoms with Crippen molar-refractivity contribution in [1.82, 2.24) is 4.98 Å². The second-order valence-corrected chi connectivity index (χ2v) is 2.80. The van der Waals surface area contributed by atoms with E-state index in [1.54, 1.807) is 18.2 Å². The van der Waals surface area contributed by atoms with Gasteiger partial charge in [-0.3, -0.25) is 0 Å². The van der Waals surface area contributed by atoms with Crippen LogP contribution in [-0.2, 0) is 0 Å². The van der Waals surface area contributed by atoms with Gasteiger partial charge in [0.15, 0.2) is 5.82 Å². The Hall–Kier alpha value is -1.15. The Balaban J connectivity index is 2.86. The summed E-state index contributed by atoms with van der Waals surface area (Å²) in [7, 11) is 0. The zero-order valence-corrected chi connectivity index (χ0v) is 6.77. The van der Waals surface area contributed by atoms with E-state index < -0.39 is 5.82 Å². The van der Waals surface area contributed by atoms with Crippen LogP contribution in [0, 0.1) is 12.0 Å². The third kappa shape index (κ3) is 1.14. The number of aromatic nitrogens is 1. The van der Waals surface area contributed by atoms with Gasteiger partial charge in [0, 0.05) is 5.39 Å². The van der Waals surface area contributed by atoms with Crippen molar-refractivity contribution in [2.75, 3.05) is 0 Å². The molecule has 1 heterocycles. The second-order valence-electron chi connectivity index (χ2n) is 2.39. The summed E-state index contributed by atoms with van der Waals surface area (Å²) in [5, 5.41) is 1.21. The van der Waals surface area contributed by atoms with Crippen molar-refractivity contribution in [3.8, 4) is 0 Å².